The second-order valence-electron chi connectivity index (χ2n) is 9.70. The Kier molecular flexibility index (Phi) is 7.61. The molecule has 0 atom stereocenters. The molecule has 3 aromatic carbocycles. The van der Waals surface area contributed by atoms with Gasteiger partial charge in [-0.05, 0) is 36.8 Å². The lowest BCUT2D eigenvalue weighted by Crippen LogP contribution is -2.47. The normalized spacial score (nSPS) is 18.9. The number of piperazine rings is 1. The van der Waals surface area contributed by atoms with Gasteiger partial charge in [-0.2, -0.15) is 13.2 Å². The summed E-state index contributed by atoms with van der Waals surface area (Å²) in [5, 5.41) is 11.1. The van der Waals surface area contributed by atoms with E-state index in [1.54, 1.807) is 48.5 Å². The maximum Gasteiger partial charge on any atom is 0.416 e. The molecule has 210 valence electrons. The van der Waals surface area contributed by atoms with Crippen molar-refractivity contribution in [1.29, 1.82) is 0 Å². The topological polar surface area (TPSA) is 81.2 Å². The molecule has 5 rings (SSSR count). The number of sulfonamides is 1. The van der Waals surface area contributed by atoms with Gasteiger partial charge in [0.1, 0.15) is 5.70 Å². The minimum absolute atomic E-state index is 0.0157. The predicted octanol–water partition coefficient (Wildman–Crippen LogP) is 5.03. The van der Waals surface area contributed by atoms with Crippen LogP contribution in [-0.2, 0) is 16.2 Å². The minimum Gasteiger partial charge on any atom is -0.505 e. The van der Waals surface area contributed by atoms with E-state index in [1.807, 2.05) is 4.90 Å². The van der Waals surface area contributed by atoms with E-state index in [-0.39, 0.29) is 22.7 Å². The van der Waals surface area contributed by atoms with Gasteiger partial charge in [0.15, 0.2) is 5.76 Å². The fourth-order valence-corrected chi connectivity index (χ4v) is 6.80. The van der Waals surface area contributed by atoms with Crippen LogP contribution >= 0.6 is 0 Å². The molecule has 7 nitrogen and oxygen atoms in total. The van der Waals surface area contributed by atoms with Gasteiger partial charge in [-0.1, -0.05) is 48.5 Å². The van der Waals surface area contributed by atoms with Gasteiger partial charge in [0.25, 0.3) is 10.0 Å². The SMILES string of the molecule is O=C1/C(=C(/O)c2ccccc2)N(CCCN2CCN(c3cccc(C(F)(F)F)c3)CC2)S(=O)(=O)c2ccccc21. The average Bonchev–Trinajstić information content (AvgIpc) is 2.96. The molecule has 0 bridgehead atoms. The number of allylic oxidation sites excluding steroid dienone is 1. The van der Waals surface area contributed by atoms with Gasteiger partial charge in [0.05, 0.1) is 10.5 Å². The number of fused-ring (bicyclic) bond motifs is 1. The fraction of sp³-hybridized carbons (Fsp3) is 0.276. The third-order valence-corrected chi connectivity index (χ3v) is 9.04. The van der Waals surface area contributed by atoms with E-state index >= 15 is 0 Å². The molecular formula is C29H28F3N3O4S. The molecule has 3 aromatic rings. The number of alkyl halides is 3. The first kappa shape index (κ1) is 27.7. The van der Waals surface area contributed by atoms with Crippen LogP contribution in [0.4, 0.5) is 18.9 Å². The van der Waals surface area contributed by atoms with Gasteiger partial charge < -0.3 is 10.0 Å². The molecule has 0 aromatic heterocycles. The van der Waals surface area contributed by atoms with Crippen LogP contribution in [0, 0.1) is 0 Å². The van der Waals surface area contributed by atoms with Crippen molar-refractivity contribution in [3.8, 4) is 0 Å². The Morgan fingerprint density at radius 2 is 1.52 bits per heavy atom. The molecule has 11 heteroatoms. The summed E-state index contributed by atoms with van der Waals surface area (Å²) in [6.07, 6.45) is -4.03. The number of aliphatic hydroxyl groups is 1. The van der Waals surface area contributed by atoms with Crippen LogP contribution in [0.15, 0.2) is 89.5 Å². The monoisotopic (exact) mass is 571 g/mol. The van der Waals surface area contributed by atoms with Crippen molar-refractivity contribution in [2.24, 2.45) is 0 Å². The number of halogens is 3. The van der Waals surface area contributed by atoms with Crippen molar-refractivity contribution in [2.45, 2.75) is 17.5 Å². The van der Waals surface area contributed by atoms with Gasteiger partial charge in [-0.3, -0.25) is 14.0 Å². The summed E-state index contributed by atoms with van der Waals surface area (Å²) >= 11 is 0. The molecule has 0 spiro atoms. The summed E-state index contributed by atoms with van der Waals surface area (Å²) in [5.41, 5.74) is -0.108. The second kappa shape index (κ2) is 11.0. The van der Waals surface area contributed by atoms with Crippen LogP contribution in [0.3, 0.4) is 0 Å². The zero-order valence-corrected chi connectivity index (χ0v) is 22.3. The highest BCUT2D eigenvalue weighted by atomic mass is 32.2. The summed E-state index contributed by atoms with van der Waals surface area (Å²) in [4.78, 5) is 17.3. The van der Waals surface area contributed by atoms with Crippen molar-refractivity contribution < 1.29 is 31.5 Å². The van der Waals surface area contributed by atoms with Crippen molar-refractivity contribution in [2.75, 3.05) is 44.2 Å². The molecule has 0 unspecified atom stereocenters. The number of benzene rings is 3. The molecule has 2 heterocycles. The van der Waals surface area contributed by atoms with E-state index in [1.165, 1.54) is 18.2 Å². The Hall–Kier alpha value is -3.83. The largest absolute Gasteiger partial charge is 0.505 e. The number of aliphatic hydroxyl groups excluding tert-OH is 1. The summed E-state index contributed by atoms with van der Waals surface area (Å²) in [7, 11) is -4.11. The number of Topliss-reactive ketones (excluding diaryl/α,β-unsaturated/α-hetero) is 1. The van der Waals surface area contributed by atoms with Gasteiger partial charge in [-0.25, -0.2) is 8.42 Å². The molecule has 0 saturated carbocycles. The Labute approximate surface area is 230 Å². The molecule has 0 amide bonds. The zero-order valence-electron chi connectivity index (χ0n) is 21.5. The lowest BCUT2D eigenvalue weighted by molar-refractivity contribution is -0.137. The van der Waals surface area contributed by atoms with Crippen LogP contribution in [0.5, 0.6) is 0 Å². The van der Waals surface area contributed by atoms with Gasteiger partial charge in [0.2, 0.25) is 5.78 Å². The fourth-order valence-electron chi connectivity index (χ4n) is 5.10. The number of nitrogens with zero attached hydrogens (tertiary/aromatic N) is 3. The average molecular weight is 572 g/mol. The van der Waals surface area contributed by atoms with E-state index in [0.717, 1.165) is 16.4 Å². The smallest absolute Gasteiger partial charge is 0.416 e. The molecule has 2 aliphatic rings. The highest BCUT2D eigenvalue weighted by molar-refractivity contribution is 7.89. The number of rotatable bonds is 6. The van der Waals surface area contributed by atoms with E-state index in [4.69, 9.17) is 0 Å². The standard InChI is InChI=1S/C29H28F3N3O4S/c30-29(31,32)22-10-6-11-23(20-22)34-18-16-33(17-19-34)14-7-15-35-26(27(36)21-8-2-1-3-9-21)28(37)24-12-4-5-13-25(24)40(35,38)39/h1-6,8-13,20,36H,7,14-19H2/b27-26-. The quantitative estimate of drug-likeness (QED) is 0.330. The van der Waals surface area contributed by atoms with Gasteiger partial charge in [-0.15, -0.1) is 0 Å². The van der Waals surface area contributed by atoms with Crippen LogP contribution in [-0.4, -0.2) is 67.8 Å². The lowest BCUT2D eigenvalue weighted by Gasteiger charge is -2.37. The molecule has 40 heavy (non-hydrogen) atoms. The molecule has 1 saturated heterocycles. The van der Waals surface area contributed by atoms with Crippen LogP contribution in [0.2, 0.25) is 0 Å². The van der Waals surface area contributed by atoms with E-state index in [2.05, 4.69) is 4.90 Å². The first-order valence-electron chi connectivity index (χ1n) is 12.9. The third kappa shape index (κ3) is 5.44. The summed E-state index contributed by atoms with van der Waals surface area (Å²) in [6, 6.07) is 19.6. The molecule has 1 N–H and O–H groups in total. The molecule has 0 radical (unpaired) electrons. The Morgan fingerprint density at radius 3 is 2.23 bits per heavy atom. The summed E-state index contributed by atoms with van der Waals surface area (Å²) in [5.74, 6) is -0.972. The predicted molar refractivity (Wildman–Crippen MR) is 145 cm³/mol. The number of anilines is 1. The first-order valence-corrected chi connectivity index (χ1v) is 14.3. The number of carbonyl (C=O) groups excluding carboxylic acids is 1. The highest BCUT2D eigenvalue weighted by Gasteiger charge is 2.41. The van der Waals surface area contributed by atoms with E-state index < -0.39 is 33.3 Å². The molecule has 2 aliphatic heterocycles. The molecule has 0 aliphatic carbocycles. The third-order valence-electron chi connectivity index (χ3n) is 7.18. The van der Waals surface area contributed by atoms with Crippen molar-refractivity contribution >= 4 is 27.3 Å². The summed E-state index contributed by atoms with van der Waals surface area (Å²) in [6.45, 7) is 2.70. The number of carbonyl (C=O) groups is 1. The van der Waals surface area contributed by atoms with Crippen molar-refractivity contribution in [1.82, 2.24) is 9.21 Å². The van der Waals surface area contributed by atoms with Crippen LogP contribution in [0.1, 0.15) is 27.9 Å². The van der Waals surface area contributed by atoms with Crippen LogP contribution < -0.4 is 4.90 Å². The first-order chi connectivity index (χ1) is 19.1. The number of ketones is 1. The van der Waals surface area contributed by atoms with Crippen LogP contribution in [0.25, 0.3) is 5.76 Å². The maximum absolute atomic E-state index is 13.6. The van der Waals surface area contributed by atoms with Crippen molar-refractivity contribution in [3.63, 3.8) is 0 Å². The Bertz CT molecular complexity index is 1530. The Morgan fingerprint density at radius 1 is 0.850 bits per heavy atom. The second-order valence-corrected chi connectivity index (χ2v) is 11.5. The highest BCUT2D eigenvalue weighted by Crippen LogP contribution is 2.36. The number of hydrogen-bond acceptors (Lipinski definition) is 6. The van der Waals surface area contributed by atoms with Gasteiger partial charge in [0, 0.05) is 56.1 Å². The van der Waals surface area contributed by atoms with Gasteiger partial charge >= 0.3 is 6.18 Å². The molecule has 1 fully saturated rings. The van der Waals surface area contributed by atoms with E-state index in [0.29, 0.717) is 50.4 Å². The zero-order chi connectivity index (χ0) is 28.5. The van der Waals surface area contributed by atoms with E-state index in [9.17, 15) is 31.5 Å². The van der Waals surface area contributed by atoms with Crippen molar-refractivity contribution in [3.05, 3.63) is 101 Å². The number of hydrogen-bond donors (Lipinski definition) is 1. The minimum atomic E-state index is -4.41. The summed E-state index contributed by atoms with van der Waals surface area (Å²) < 4.78 is 67.5. The molecular weight excluding hydrogens is 543 g/mol. The lowest BCUT2D eigenvalue weighted by atomic mass is 10.0. The Balaban J connectivity index is 1.30. The maximum atomic E-state index is 13.6.